The molecular formula is C27H40O6. The molecule has 184 valence electrons. The SMILES string of the molecule is COCC1=CC[C@](C)(C/C=C/C(C)(C)OC)[C@@H](/C=C\OC(=O)C=C(C)C)[C@H](CC(C)=O)C1=O. The predicted octanol–water partition coefficient (Wildman–Crippen LogP) is 5.14. The van der Waals surface area contributed by atoms with Crippen molar-refractivity contribution in [3.8, 4) is 0 Å². The number of esters is 1. The Morgan fingerprint density at radius 3 is 2.42 bits per heavy atom. The van der Waals surface area contributed by atoms with Crippen molar-refractivity contribution in [1.82, 2.24) is 0 Å². The van der Waals surface area contributed by atoms with Crippen molar-refractivity contribution < 1.29 is 28.6 Å². The number of rotatable bonds is 11. The van der Waals surface area contributed by atoms with Crippen molar-refractivity contribution in [2.75, 3.05) is 20.8 Å². The summed E-state index contributed by atoms with van der Waals surface area (Å²) in [4.78, 5) is 37.5. The zero-order valence-electron chi connectivity index (χ0n) is 21.4. The molecule has 6 nitrogen and oxygen atoms in total. The molecule has 0 amide bonds. The van der Waals surface area contributed by atoms with Crippen LogP contribution >= 0.6 is 0 Å². The van der Waals surface area contributed by atoms with Gasteiger partial charge in [-0.25, -0.2) is 4.79 Å². The number of methoxy groups -OCH3 is 2. The number of ether oxygens (including phenoxy) is 3. The molecule has 0 spiro atoms. The quantitative estimate of drug-likeness (QED) is 0.184. The fraction of sp³-hybridized carbons (Fsp3) is 0.593. The van der Waals surface area contributed by atoms with Gasteiger partial charge in [0.2, 0.25) is 0 Å². The number of carbonyl (C=O) groups excluding carboxylic acids is 3. The highest BCUT2D eigenvalue weighted by Gasteiger charge is 2.43. The average molecular weight is 461 g/mol. The second-order valence-electron chi connectivity index (χ2n) is 9.82. The van der Waals surface area contributed by atoms with Crippen LogP contribution in [0, 0.1) is 17.3 Å². The summed E-state index contributed by atoms with van der Waals surface area (Å²) in [7, 11) is 3.21. The molecule has 1 rings (SSSR count). The second kappa shape index (κ2) is 12.8. The maximum atomic E-state index is 13.4. The summed E-state index contributed by atoms with van der Waals surface area (Å²) in [6.07, 6.45) is 11.9. The summed E-state index contributed by atoms with van der Waals surface area (Å²) in [5.74, 6) is -1.53. The largest absolute Gasteiger partial charge is 0.432 e. The summed E-state index contributed by atoms with van der Waals surface area (Å²) in [5, 5.41) is 0. The van der Waals surface area contributed by atoms with Crippen molar-refractivity contribution in [2.45, 2.75) is 66.4 Å². The highest BCUT2D eigenvalue weighted by molar-refractivity contribution is 6.00. The Bertz CT molecular complexity index is 826. The van der Waals surface area contributed by atoms with Crippen LogP contribution in [0.4, 0.5) is 0 Å². The third kappa shape index (κ3) is 9.22. The molecular weight excluding hydrogens is 420 g/mol. The first-order valence-electron chi connectivity index (χ1n) is 11.3. The summed E-state index contributed by atoms with van der Waals surface area (Å²) < 4.78 is 16.0. The molecule has 0 bridgehead atoms. The minimum absolute atomic E-state index is 0.0645. The summed E-state index contributed by atoms with van der Waals surface area (Å²) in [5.41, 5.74) is 0.591. The fourth-order valence-corrected chi connectivity index (χ4v) is 4.02. The van der Waals surface area contributed by atoms with E-state index in [1.54, 1.807) is 20.3 Å². The molecule has 1 aliphatic rings. The smallest absolute Gasteiger partial charge is 0.335 e. The van der Waals surface area contributed by atoms with Gasteiger partial charge in [0, 0.05) is 38.2 Å². The van der Waals surface area contributed by atoms with Gasteiger partial charge in [-0.15, -0.1) is 0 Å². The van der Waals surface area contributed by atoms with Gasteiger partial charge in [-0.2, -0.15) is 0 Å². The van der Waals surface area contributed by atoms with Crippen LogP contribution in [0.3, 0.4) is 0 Å². The maximum Gasteiger partial charge on any atom is 0.335 e. The van der Waals surface area contributed by atoms with E-state index in [4.69, 9.17) is 14.2 Å². The van der Waals surface area contributed by atoms with Gasteiger partial charge in [0.15, 0.2) is 5.78 Å². The van der Waals surface area contributed by atoms with Gasteiger partial charge >= 0.3 is 5.97 Å². The number of hydrogen-bond acceptors (Lipinski definition) is 6. The molecule has 0 aromatic rings. The number of Topliss-reactive ketones (excluding diaryl/α,β-unsaturated/α-hetero) is 2. The van der Waals surface area contributed by atoms with Crippen molar-refractivity contribution in [1.29, 1.82) is 0 Å². The molecule has 0 heterocycles. The van der Waals surface area contributed by atoms with Crippen molar-refractivity contribution in [2.24, 2.45) is 17.3 Å². The number of allylic oxidation sites excluding steroid dienone is 4. The van der Waals surface area contributed by atoms with E-state index in [9.17, 15) is 14.4 Å². The monoisotopic (exact) mass is 460 g/mol. The Morgan fingerprint density at radius 2 is 1.88 bits per heavy atom. The first-order valence-corrected chi connectivity index (χ1v) is 11.3. The van der Waals surface area contributed by atoms with Crippen LogP contribution in [-0.4, -0.2) is 44.0 Å². The normalized spacial score (nSPS) is 24.0. The number of hydrogen-bond donors (Lipinski definition) is 0. The molecule has 0 aliphatic heterocycles. The maximum absolute atomic E-state index is 13.4. The minimum Gasteiger partial charge on any atom is -0.432 e. The lowest BCUT2D eigenvalue weighted by Gasteiger charge is -2.37. The summed E-state index contributed by atoms with van der Waals surface area (Å²) >= 11 is 0. The lowest BCUT2D eigenvalue weighted by molar-refractivity contribution is -0.132. The van der Waals surface area contributed by atoms with Crippen LogP contribution in [0.5, 0.6) is 0 Å². The zero-order chi connectivity index (χ0) is 25.2. The van der Waals surface area contributed by atoms with Gasteiger partial charge in [-0.05, 0) is 64.9 Å². The molecule has 0 N–H and O–H groups in total. The lowest BCUT2D eigenvalue weighted by atomic mass is 9.66. The summed E-state index contributed by atoms with van der Waals surface area (Å²) in [6.45, 7) is 11.3. The number of carbonyl (C=O) groups is 3. The third-order valence-electron chi connectivity index (χ3n) is 6.02. The average Bonchev–Trinajstić information content (AvgIpc) is 2.79. The van der Waals surface area contributed by atoms with E-state index in [-0.39, 0.29) is 30.5 Å². The van der Waals surface area contributed by atoms with Gasteiger partial charge in [-0.1, -0.05) is 30.7 Å². The first kappa shape index (κ1) is 28.7. The van der Waals surface area contributed by atoms with E-state index in [0.29, 0.717) is 18.4 Å². The highest BCUT2D eigenvalue weighted by Crippen LogP contribution is 2.46. The van der Waals surface area contributed by atoms with Crippen molar-refractivity contribution in [3.63, 3.8) is 0 Å². The van der Waals surface area contributed by atoms with Gasteiger partial charge in [0.25, 0.3) is 0 Å². The van der Waals surface area contributed by atoms with Gasteiger partial charge < -0.3 is 19.0 Å². The highest BCUT2D eigenvalue weighted by atomic mass is 16.5. The van der Waals surface area contributed by atoms with Crippen LogP contribution < -0.4 is 0 Å². The zero-order valence-corrected chi connectivity index (χ0v) is 21.4. The van der Waals surface area contributed by atoms with E-state index >= 15 is 0 Å². The molecule has 0 aromatic heterocycles. The van der Waals surface area contributed by atoms with Gasteiger partial charge in [0.05, 0.1) is 18.5 Å². The van der Waals surface area contributed by atoms with E-state index in [2.05, 4.69) is 13.0 Å². The van der Waals surface area contributed by atoms with E-state index in [1.807, 2.05) is 39.8 Å². The molecule has 3 atom stereocenters. The van der Waals surface area contributed by atoms with Crippen LogP contribution in [-0.2, 0) is 28.6 Å². The van der Waals surface area contributed by atoms with Gasteiger partial charge in [-0.3, -0.25) is 4.79 Å². The molecule has 0 saturated heterocycles. The lowest BCUT2D eigenvalue weighted by Crippen LogP contribution is -2.35. The fourth-order valence-electron chi connectivity index (χ4n) is 4.02. The Labute approximate surface area is 198 Å². The Hall–Kier alpha value is -2.31. The van der Waals surface area contributed by atoms with E-state index < -0.39 is 22.9 Å². The molecule has 0 unspecified atom stereocenters. The predicted molar refractivity (Wildman–Crippen MR) is 129 cm³/mol. The van der Waals surface area contributed by atoms with Crippen molar-refractivity contribution >= 4 is 17.5 Å². The molecule has 0 fully saturated rings. The molecule has 0 radical (unpaired) electrons. The molecule has 33 heavy (non-hydrogen) atoms. The second-order valence-corrected chi connectivity index (χ2v) is 9.82. The van der Waals surface area contributed by atoms with Gasteiger partial charge in [0.1, 0.15) is 5.78 Å². The topological polar surface area (TPSA) is 78.9 Å². The molecule has 1 aliphatic carbocycles. The first-order chi connectivity index (χ1) is 15.3. The van der Waals surface area contributed by atoms with E-state index in [1.165, 1.54) is 19.3 Å². The molecule has 6 heteroatoms. The number of ketones is 2. The Balaban J connectivity index is 3.42. The Morgan fingerprint density at radius 1 is 1.21 bits per heavy atom. The van der Waals surface area contributed by atoms with Crippen LogP contribution in [0.1, 0.15) is 60.8 Å². The van der Waals surface area contributed by atoms with Crippen molar-refractivity contribution in [3.05, 3.63) is 47.8 Å². The van der Waals surface area contributed by atoms with E-state index in [0.717, 1.165) is 5.57 Å². The molecule has 0 saturated carbocycles. The van der Waals surface area contributed by atoms with Crippen LogP contribution in [0.25, 0.3) is 0 Å². The standard InChI is InChI=1S/C27H40O6/c1-19(2)16-24(29)33-15-11-23-22(17-20(3)28)25(30)21(18-31-7)10-14-27(23,6)13-9-12-26(4,5)32-8/h9-12,15-16,22-23H,13-14,17-18H2,1-8H3/b12-9+,15-11-/t22-,23-,27-/m0/s1. The summed E-state index contributed by atoms with van der Waals surface area (Å²) in [6, 6.07) is 0. The van der Waals surface area contributed by atoms with Crippen LogP contribution in [0.2, 0.25) is 0 Å². The Kier molecular flexibility index (Phi) is 11.1. The van der Waals surface area contributed by atoms with Crippen LogP contribution in [0.15, 0.2) is 47.8 Å². The third-order valence-corrected chi connectivity index (χ3v) is 6.02. The minimum atomic E-state index is -0.571. The molecule has 0 aromatic carbocycles.